The predicted octanol–water partition coefficient (Wildman–Crippen LogP) is 3.61. The quantitative estimate of drug-likeness (QED) is 0.242. The van der Waals surface area contributed by atoms with Gasteiger partial charge in [-0.2, -0.15) is 5.10 Å². The molecule has 0 atom stereocenters. The molecule has 11 nitrogen and oxygen atoms in total. The third-order valence-corrected chi connectivity index (χ3v) is 7.90. The van der Waals surface area contributed by atoms with Gasteiger partial charge in [0.25, 0.3) is 0 Å². The number of nitrogens with zero attached hydrogens (tertiary/aromatic N) is 6. The fourth-order valence-corrected chi connectivity index (χ4v) is 5.61. The minimum absolute atomic E-state index is 0.277. The maximum absolute atomic E-state index is 11.4. The van der Waals surface area contributed by atoms with Gasteiger partial charge in [0.15, 0.2) is 11.0 Å². The smallest absolute Gasteiger partial charge is 0.208 e. The zero-order valence-electron chi connectivity index (χ0n) is 23.0. The second-order valence-electron chi connectivity index (χ2n) is 10.4. The maximum Gasteiger partial charge on any atom is 0.208 e. The first kappa shape index (κ1) is 28.2. The summed E-state index contributed by atoms with van der Waals surface area (Å²) in [5.41, 5.74) is 2.99. The van der Waals surface area contributed by atoms with E-state index in [-0.39, 0.29) is 5.92 Å². The number of likely N-dealkylation sites (N-methyl/N-ethyl adjacent to an activating group) is 1. The zero-order chi connectivity index (χ0) is 28.4. The van der Waals surface area contributed by atoms with Crippen molar-refractivity contribution >= 4 is 49.7 Å². The van der Waals surface area contributed by atoms with Gasteiger partial charge in [0, 0.05) is 61.8 Å². The van der Waals surface area contributed by atoms with Gasteiger partial charge in [0.1, 0.15) is 11.6 Å². The SMILES string of the molecule is CNCCn1cc(-c2nccc(Nc3cc4c(C(C)C)ccc(N5CC(CNS(C)(=O)=O)C5)c4cn3)n2)c(Cl)n1. The number of halogens is 1. The molecule has 0 amide bonds. The third kappa shape index (κ3) is 6.35. The first-order valence-electron chi connectivity index (χ1n) is 13.2. The maximum atomic E-state index is 11.4. The van der Waals surface area contributed by atoms with Crippen LogP contribution >= 0.6 is 11.6 Å². The molecule has 0 saturated carbocycles. The Labute approximate surface area is 239 Å². The molecule has 1 aromatic carbocycles. The normalized spacial score (nSPS) is 14.2. The van der Waals surface area contributed by atoms with Gasteiger partial charge in [0.2, 0.25) is 10.0 Å². The molecule has 1 saturated heterocycles. The first-order chi connectivity index (χ1) is 19.1. The molecular weight excluding hydrogens is 550 g/mol. The number of hydrogen-bond acceptors (Lipinski definition) is 9. The van der Waals surface area contributed by atoms with E-state index in [1.165, 1.54) is 11.8 Å². The van der Waals surface area contributed by atoms with E-state index in [0.717, 1.165) is 36.1 Å². The highest BCUT2D eigenvalue weighted by atomic mass is 35.5. The van der Waals surface area contributed by atoms with Gasteiger partial charge in [-0.15, -0.1) is 0 Å². The van der Waals surface area contributed by atoms with E-state index in [9.17, 15) is 8.42 Å². The monoisotopic (exact) mass is 583 g/mol. The number of rotatable bonds is 11. The van der Waals surface area contributed by atoms with Crippen LogP contribution in [0.4, 0.5) is 17.3 Å². The Morgan fingerprint density at radius 1 is 1.12 bits per heavy atom. The van der Waals surface area contributed by atoms with Crippen molar-refractivity contribution in [2.75, 3.05) is 49.7 Å². The molecule has 0 aliphatic carbocycles. The highest BCUT2D eigenvalue weighted by molar-refractivity contribution is 7.88. The lowest BCUT2D eigenvalue weighted by atomic mass is 9.93. The van der Waals surface area contributed by atoms with Crippen LogP contribution in [0.5, 0.6) is 0 Å². The molecular formula is C27H34ClN9O2S. The average molecular weight is 584 g/mol. The van der Waals surface area contributed by atoms with Crippen molar-refractivity contribution in [1.29, 1.82) is 0 Å². The molecule has 40 heavy (non-hydrogen) atoms. The predicted molar refractivity (Wildman–Crippen MR) is 160 cm³/mol. The molecule has 3 aromatic heterocycles. The number of pyridine rings is 1. The van der Waals surface area contributed by atoms with Crippen LogP contribution in [0.3, 0.4) is 0 Å². The number of nitrogens with one attached hydrogen (secondary N) is 3. The molecule has 4 heterocycles. The average Bonchev–Trinajstić information content (AvgIpc) is 3.26. The second-order valence-corrected chi connectivity index (χ2v) is 12.6. The van der Waals surface area contributed by atoms with E-state index < -0.39 is 10.0 Å². The van der Waals surface area contributed by atoms with Crippen molar-refractivity contribution in [3.63, 3.8) is 0 Å². The fraction of sp³-hybridized carbons (Fsp3) is 0.407. The van der Waals surface area contributed by atoms with E-state index in [1.807, 2.05) is 19.4 Å². The van der Waals surface area contributed by atoms with Crippen molar-refractivity contribution in [2.24, 2.45) is 5.92 Å². The van der Waals surface area contributed by atoms with E-state index in [1.54, 1.807) is 16.9 Å². The van der Waals surface area contributed by atoms with Crippen molar-refractivity contribution in [3.8, 4) is 11.4 Å². The number of fused-ring (bicyclic) bond motifs is 1. The van der Waals surface area contributed by atoms with Gasteiger partial charge >= 0.3 is 0 Å². The van der Waals surface area contributed by atoms with Crippen LogP contribution in [0.25, 0.3) is 22.2 Å². The van der Waals surface area contributed by atoms with Crippen molar-refractivity contribution < 1.29 is 8.42 Å². The molecule has 13 heteroatoms. The van der Waals surface area contributed by atoms with Crippen molar-refractivity contribution in [2.45, 2.75) is 26.3 Å². The highest BCUT2D eigenvalue weighted by Crippen LogP contribution is 2.37. The Balaban J connectivity index is 1.38. The lowest BCUT2D eigenvalue weighted by Crippen LogP contribution is -2.51. The zero-order valence-corrected chi connectivity index (χ0v) is 24.6. The fourth-order valence-electron chi connectivity index (χ4n) is 4.84. The number of anilines is 3. The lowest BCUT2D eigenvalue weighted by Gasteiger charge is -2.41. The Morgan fingerprint density at radius 2 is 1.93 bits per heavy atom. The van der Waals surface area contributed by atoms with Crippen LogP contribution in [0, 0.1) is 5.92 Å². The van der Waals surface area contributed by atoms with Gasteiger partial charge in [-0.25, -0.2) is 28.1 Å². The largest absolute Gasteiger partial charge is 0.370 e. The van der Waals surface area contributed by atoms with Crippen LogP contribution in [0.2, 0.25) is 5.15 Å². The number of aromatic nitrogens is 5. The molecule has 4 aromatic rings. The summed E-state index contributed by atoms with van der Waals surface area (Å²) in [4.78, 5) is 16.1. The summed E-state index contributed by atoms with van der Waals surface area (Å²) in [7, 11) is -1.30. The van der Waals surface area contributed by atoms with Gasteiger partial charge in [0.05, 0.1) is 18.4 Å². The second kappa shape index (κ2) is 11.7. The molecule has 1 fully saturated rings. The van der Waals surface area contributed by atoms with Crippen LogP contribution < -0.4 is 20.3 Å². The summed E-state index contributed by atoms with van der Waals surface area (Å²) < 4.78 is 27.3. The standard InChI is InChI=1S/C27H34ClN9O2S/c1-17(2)19-5-6-23(36-14-18(15-36)12-32-40(4,38)39)21-13-31-25(11-20(19)21)33-24-7-8-30-27(34-24)22-16-37(10-9-29-3)35-26(22)28/h5-8,11,13,16-18,29,32H,9-10,12,14-15H2,1-4H3,(H,30,31,33,34). The molecule has 1 aliphatic heterocycles. The van der Waals surface area contributed by atoms with Crippen LogP contribution in [-0.2, 0) is 16.6 Å². The molecule has 0 radical (unpaired) electrons. The summed E-state index contributed by atoms with van der Waals surface area (Å²) in [6.07, 6.45) is 6.62. The number of hydrogen-bond donors (Lipinski definition) is 3. The molecule has 0 spiro atoms. The molecule has 1 aliphatic rings. The molecule has 212 valence electrons. The van der Waals surface area contributed by atoms with Crippen LogP contribution in [0.1, 0.15) is 25.3 Å². The van der Waals surface area contributed by atoms with E-state index >= 15 is 0 Å². The van der Waals surface area contributed by atoms with E-state index in [4.69, 9.17) is 16.6 Å². The van der Waals surface area contributed by atoms with Crippen LogP contribution in [-0.4, -0.2) is 72.6 Å². The Bertz CT molecular complexity index is 1620. The molecule has 0 bridgehead atoms. The highest BCUT2D eigenvalue weighted by Gasteiger charge is 2.29. The lowest BCUT2D eigenvalue weighted by molar-refractivity contribution is 0.407. The van der Waals surface area contributed by atoms with E-state index in [0.29, 0.717) is 47.2 Å². The summed E-state index contributed by atoms with van der Waals surface area (Å²) >= 11 is 6.39. The van der Waals surface area contributed by atoms with Gasteiger partial charge < -0.3 is 15.5 Å². The topological polar surface area (TPSA) is 130 Å². The first-order valence-corrected chi connectivity index (χ1v) is 15.5. The van der Waals surface area contributed by atoms with Gasteiger partial charge in [-0.05, 0) is 42.1 Å². The summed E-state index contributed by atoms with van der Waals surface area (Å²) in [6, 6.07) is 8.16. The Hall–Kier alpha value is -3.32. The Kier molecular flexibility index (Phi) is 8.22. The number of benzene rings is 1. The van der Waals surface area contributed by atoms with Crippen molar-refractivity contribution in [3.05, 3.63) is 53.6 Å². The number of sulfonamides is 1. The van der Waals surface area contributed by atoms with E-state index in [2.05, 4.69) is 67.4 Å². The van der Waals surface area contributed by atoms with Crippen molar-refractivity contribution in [1.82, 2.24) is 34.8 Å². The van der Waals surface area contributed by atoms with Gasteiger partial charge in [-0.1, -0.05) is 31.5 Å². The van der Waals surface area contributed by atoms with Gasteiger partial charge in [-0.3, -0.25) is 4.68 Å². The molecule has 3 N–H and O–H groups in total. The summed E-state index contributed by atoms with van der Waals surface area (Å²) in [5.74, 6) is 2.35. The van der Waals surface area contributed by atoms with Crippen LogP contribution in [0.15, 0.2) is 42.9 Å². The summed E-state index contributed by atoms with van der Waals surface area (Å²) in [5, 5.41) is 13.3. The minimum Gasteiger partial charge on any atom is -0.370 e. The third-order valence-electron chi connectivity index (χ3n) is 6.93. The summed E-state index contributed by atoms with van der Waals surface area (Å²) in [6.45, 7) is 7.84. The molecule has 5 rings (SSSR count). The Morgan fingerprint density at radius 3 is 2.65 bits per heavy atom. The molecule has 0 unspecified atom stereocenters. The minimum atomic E-state index is -3.19.